The normalized spacial score (nSPS) is 13.5. The van der Waals surface area contributed by atoms with Crippen LogP contribution in [0.15, 0.2) is 0 Å². The molecule has 1 aromatic rings. The Morgan fingerprint density at radius 1 is 1.40 bits per heavy atom. The summed E-state index contributed by atoms with van der Waals surface area (Å²) in [7, 11) is 1.93. The van der Waals surface area contributed by atoms with Gasteiger partial charge >= 0.3 is 0 Å². The molecule has 0 aliphatic rings. The molecule has 86 valence electrons. The zero-order valence-electron chi connectivity index (χ0n) is 10.2. The first-order valence-corrected chi connectivity index (χ1v) is 5.30. The average Bonchev–Trinajstić information content (AvgIpc) is 2.37. The molecule has 0 spiro atoms. The minimum absolute atomic E-state index is 0.0823. The highest BCUT2D eigenvalue weighted by Crippen LogP contribution is 2.19. The second-order valence-corrected chi connectivity index (χ2v) is 4.20. The van der Waals surface area contributed by atoms with Crippen molar-refractivity contribution in [2.45, 2.75) is 39.8 Å². The van der Waals surface area contributed by atoms with E-state index in [1.165, 1.54) is 0 Å². The lowest BCUT2D eigenvalue weighted by molar-refractivity contribution is 0.0681. The zero-order valence-corrected chi connectivity index (χ0v) is 10.2. The van der Waals surface area contributed by atoms with Crippen molar-refractivity contribution in [3.8, 4) is 0 Å². The molecule has 2 N–H and O–H groups in total. The first-order chi connectivity index (χ1) is 6.93. The van der Waals surface area contributed by atoms with Crippen LogP contribution in [0, 0.1) is 13.8 Å². The Hall–Kier alpha value is -0.870. The summed E-state index contributed by atoms with van der Waals surface area (Å²) >= 11 is 0. The highest BCUT2D eigenvalue weighted by Gasteiger charge is 2.16. The van der Waals surface area contributed by atoms with Crippen LogP contribution in [0.5, 0.6) is 0 Å². The summed E-state index contributed by atoms with van der Waals surface area (Å²) < 4.78 is 7.38. The van der Waals surface area contributed by atoms with Crippen molar-refractivity contribution in [2.75, 3.05) is 6.61 Å². The molecule has 1 unspecified atom stereocenters. The summed E-state index contributed by atoms with van der Waals surface area (Å²) in [5.41, 5.74) is 9.30. The third-order valence-corrected chi connectivity index (χ3v) is 2.54. The fourth-order valence-electron chi connectivity index (χ4n) is 1.71. The van der Waals surface area contributed by atoms with E-state index in [0.717, 1.165) is 17.0 Å². The van der Waals surface area contributed by atoms with Crippen molar-refractivity contribution in [3.05, 3.63) is 17.0 Å². The van der Waals surface area contributed by atoms with Crippen molar-refractivity contribution < 1.29 is 4.74 Å². The first-order valence-electron chi connectivity index (χ1n) is 5.30. The molecule has 1 heterocycles. The van der Waals surface area contributed by atoms with Gasteiger partial charge in [-0.05, 0) is 27.7 Å². The molecule has 0 bridgehead atoms. The molecule has 0 fully saturated rings. The number of nitrogens with zero attached hydrogens (tertiary/aromatic N) is 2. The Morgan fingerprint density at radius 3 is 2.40 bits per heavy atom. The van der Waals surface area contributed by atoms with Crippen LogP contribution in [0.25, 0.3) is 0 Å². The molecule has 0 saturated heterocycles. The molecule has 15 heavy (non-hydrogen) atoms. The highest BCUT2D eigenvalue weighted by atomic mass is 16.5. The van der Waals surface area contributed by atoms with E-state index in [9.17, 15) is 0 Å². The van der Waals surface area contributed by atoms with Crippen molar-refractivity contribution in [3.63, 3.8) is 0 Å². The average molecular weight is 211 g/mol. The van der Waals surface area contributed by atoms with E-state index in [1.807, 2.05) is 39.4 Å². The van der Waals surface area contributed by atoms with Crippen LogP contribution >= 0.6 is 0 Å². The van der Waals surface area contributed by atoms with E-state index < -0.39 is 0 Å². The molecular weight excluding hydrogens is 190 g/mol. The largest absolute Gasteiger partial charge is 0.377 e. The monoisotopic (exact) mass is 211 g/mol. The van der Waals surface area contributed by atoms with E-state index in [2.05, 4.69) is 5.10 Å². The van der Waals surface area contributed by atoms with Gasteiger partial charge in [-0.25, -0.2) is 0 Å². The minimum atomic E-state index is -0.0823. The van der Waals surface area contributed by atoms with Gasteiger partial charge < -0.3 is 10.5 Å². The lowest BCUT2D eigenvalue weighted by Gasteiger charge is -2.15. The number of aryl methyl sites for hydroxylation is 2. The SMILES string of the molecule is Cc1nn(C)c(C)c1C(N)COC(C)C. The molecule has 1 rings (SSSR count). The maximum Gasteiger partial charge on any atom is 0.0664 e. The molecular formula is C11H21N3O. The van der Waals surface area contributed by atoms with Gasteiger partial charge in [-0.1, -0.05) is 0 Å². The Kier molecular flexibility index (Phi) is 3.88. The van der Waals surface area contributed by atoms with Gasteiger partial charge in [0.05, 0.1) is 24.4 Å². The highest BCUT2D eigenvalue weighted by molar-refractivity contribution is 5.27. The Morgan fingerprint density at radius 2 is 2.00 bits per heavy atom. The van der Waals surface area contributed by atoms with Crippen molar-refractivity contribution in [1.29, 1.82) is 0 Å². The maximum absolute atomic E-state index is 6.08. The molecule has 0 aromatic carbocycles. The van der Waals surface area contributed by atoms with E-state index in [4.69, 9.17) is 10.5 Å². The van der Waals surface area contributed by atoms with Gasteiger partial charge in [0.2, 0.25) is 0 Å². The standard InChI is InChI=1S/C11H21N3O/c1-7(2)15-6-10(12)11-8(3)13-14(5)9(11)4/h7,10H,6,12H2,1-5H3. The molecule has 0 aliphatic carbocycles. The van der Waals surface area contributed by atoms with Crippen LogP contribution in [0.3, 0.4) is 0 Å². The fourth-order valence-corrected chi connectivity index (χ4v) is 1.71. The third kappa shape index (κ3) is 2.79. The van der Waals surface area contributed by atoms with Crippen LogP contribution < -0.4 is 5.73 Å². The summed E-state index contributed by atoms with van der Waals surface area (Å²) in [5, 5.41) is 4.34. The Bertz CT molecular complexity index is 331. The summed E-state index contributed by atoms with van der Waals surface area (Å²) in [5.74, 6) is 0. The molecule has 1 atom stereocenters. The molecule has 4 nitrogen and oxygen atoms in total. The quantitative estimate of drug-likeness (QED) is 0.820. The second-order valence-electron chi connectivity index (χ2n) is 4.20. The summed E-state index contributed by atoms with van der Waals surface area (Å²) in [6, 6.07) is -0.0823. The molecule has 4 heteroatoms. The lowest BCUT2D eigenvalue weighted by Crippen LogP contribution is -2.20. The van der Waals surface area contributed by atoms with Gasteiger partial charge in [0.25, 0.3) is 0 Å². The number of nitrogens with two attached hydrogens (primary N) is 1. The molecule has 0 radical (unpaired) electrons. The smallest absolute Gasteiger partial charge is 0.0664 e. The number of rotatable bonds is 4. The first kappa shape index (κ1) is 12.2. The predicted octanol–water partition coefficient (Wildman–Crippen LogP) is 1.46. The van der Waals surface area contributed by atoms with Crippen molar-refractivity contribution in [2.24, 2.45) is 12.8 Å². The third-order valence-electron chi connectivity index (χ3n) is 2.54. The number of hydrogen-bond donors (Lipinski definition) is 1. The maximum atomic E-state index is 6.08. The molecule has 1 aromatic heterocycles. The van der Waals surface area contributed by atoms with Crippen LogP contribution in [0.2, 0.25) is 0 Å². The van der Waals surface area contributed by atoms with Gasteiger partial charge in [0.15, 0.2) is 0 Å². The summed E-state index contributed by atoms with van der Waals surface area (Å²) in [6.45, 7) is 8.58. The van der Waals surface area contributed by atoms with E-state index in [0.29, 0.717) is 6.61 Å². The summed E-state index contributed by atoms with van der Waals surface area (Å²) in [6.07, 6.45) is 0.216. The molecule has 0 aliphatic heterocycles. The van der Waals surface area contributed by atoms with Gasteiger partial charge in [0, 0.05) is 18.3 Å². The van der Waals surface area contributed by atoms with Gasteiger partial charge in [-0.3, -0.25) is 4.68 Å². The Labute approximate surface area is 91.4 Å². The van der Waals surface area contributed by atoms with Crippen LogP contribution in [0.4, 0.5) is 0 Å². The van der Waals surface area contributed by atoms with Crippen LogP contribution in [0.1, 0.15) is 36.8 Å². The van der Waals surface area contributed by atoms with Gasteiger partial charge in [0.1, 0.15) is 0 Å². The van der Waals surface area contributed by atoms with Crippen molar-refractivity contribution in [1.82, 2.24) is 9.78 Å². The second kappa shape index (κ2) is 4.77. The van der Waals surface area contributed by atoms with Crippen LogP contribution in [-0.2, 0) is 11.8 Å². The topological polar surface area (TPSA) is 53.1 Å². The number of hydrogen-bond acceptors (Lipinski definition) is 3. The van der Waals surface area contributed by atoms with E-state index in [1.54, 1.807) is 0 Å². The number of ether oxygens (including phenoxy) is 1. The van der Waals surface area contributed by atoms with Crippen molar-refractivity contribution >= 4 is 0 Å². The van der Waals surface area contributed by atoms with E-state index in [-0.39, 0.29) is 12.1 Å². The molecule has 0 amide bonds. The van der Waals surface area contributed by atoms with Gasteiger partial charge in [-0.2, -0.15) is 5.10 Å². The molecule has 0 saturated carbocycles. The number of aromatic nitrogens is 2. The van der Waals surface area contributed by atoms with Crippen LogP contribution in [-0.4, -0.2) is 22.5 Å². The fraction of sp³-hybridized carbons (Fsp3) is 0.727. The zero-order chi connectivity index (χ0) is 11.6. The lowest BCUT2D eigenvalue weighted by atomic mass is 10.1. The van der Waals surface area contributed by atoms with Gasteiger partial charge in [-0.15, -0.1) is 0 Å². The van der Waals surface area contributed by atoms with E-state index >= 15 is 0 Å². The predicted molar refractivity (Wildman–Crippen MR) is 60.7 cm³/mol. The minimum Gasteiger partial charge on any atom is -0.377 e. The summed E-state index contributed by atoms with van der Waals surface area (Å²) in [4.78, 5) is 0. The Balaban J connectivity index is 2.77.